The smallest absolute Gasteiger partial charge is 0.220 e. The summed E-state index contributed by atoms with van der Waals surface area (Å²) in [5, 5.41) is 6.13. The van der Waals surface area contributed by atoms with Gasteiger partial charge in [-0.15, -0.1) is 0 Å². The zero-order valence-corrected chi connectivity index (χ0v) is 18.2. The van der Waals surface area contributed by atoms with Crippen molar-refractivity contribution in [2.24, 2.45) is 10.9 Å². The number of carbonyl (C=O) groups excluding carboxylic acids is 1. The van der Waals surface area contributed by atoms with E-state index >= 15 is 0 Å². The molecule has 1 aliphatic heterocycles. The van der Waals surface area contributed by atoms with Gasteiger partial charge in [0.1, 0.15) is 18.2 Å². The molecular weight excluding hydrogens is 395 g/mol. The van der Waals surface area contributed by atoms with Crippen LogP contribution in [0.15, 0.2) is 53.5 Å². The quantitative estimate of drug-likeness (QED) is 0.527. The highest BCUT2D eigenvalue weighted by Crippen LogP contribution is 2.20. The van der Waals surface area contributed by atoms with E-state index in [1.165, 1.54) is 12.1 Å². The van der Waals surface area contributed by atoms with Gasteiger partial charge in [0.15, 0.2) is 5.96 Å². The Hall–Kier alpha value is -3.09. The second-order valence-corrected chi connectivity index (χ2v) is 7.77. The fourth-order valence-corrected chi connectivity index (χ4v) is 3.72. The standard InChI is InChI=1S/C24H31FN4O2/c1-26-23(30)15-18-10-12-29(13-11-18)24(27-2)28-16-19-6-8-22(9-7-19)31-17-20-4-3-5-21(25)14-20/h3-9,14,18H,10-13,15-17H2,1-2H3,(H,26,30)(H,27,28). The van der Waals surface area contributed by atoms with Crippen LogP contribution in [0.4, 0.5) is 4.39 Å². The monoisotopic (exact) mass is 426 g/mol. The van der Waals surface area contributed by atoms with Crippen molar-refractivity contribution in [3.63, 3.8) is 0 Å². The molecule has 0 aromatic heterocycles. The third kappa shape index (κ3) is 6.98. The van der Waals surface area contributed by atoms with Crippen LogP contribution in [-0.2, 0) is 17.9 Å². The van der Waals surface area contributed by atoms with Crippen LogP contribution < -0.4 is 15.4 Å². The van der Waals surface area contributed by atoms with Crippen LogP contribution in [0.5, 0.6) is 5.75 Å². The lowest BCUT2D eigenvalue weighted by Crippen LogP contribution is -2.45. The van der Waals surface area contributed by atoms with Crippen molar-refractivity contribution >= 4 is 11.9 Å². The summed E-state index contributed by atoms with van der Waals surface area (Å²) in [7, 11) is 3.48. The number of halogens is 1. The Morgan fingerprint density at radius 3 is 2.55 bits per heavy atom. The van der Waals surface area contributed by atoms with Crippen molar-refractivity contribution in [3.05, 3.63) is 65.5 Å². The van der Waals surface area contributed by atoms with Crippen molar-refractivity contribution in [2.75, 3.05) is 27.2 Å². The van der Waals surface area contributed by atoms with Crippen LogP contribution in [0.25, 0.3) is 0 Å². The van der Waals surface area contributed by atoms with Crippen molar-refractivity contribution in [1.29, 1.82) is 0 Å². The number of piperidine rings is 1. The van der Waals surface area contributed by atoms with Crippen molar-refractivity contribution in [1.82, 2.24) is 15.5 Å². The molecule has 0 radical (unpaired) electrons. The molecule has 6 nitrogen and oxygen atoms in total. The van der Waals surface area contributed by atoms with Gasteiger partial charge in [0.05, 0.1) is 0 Å². The van der Waals surface area contributed by atoms with Gasteiger partial charge in [-0.1, -0.05) is 24.3 Å². The minimum Gasteiger partial charge on any atom is -0.489 e. The highest BCUT2D eigenvalue weighted by molar-refractivity contribution is 5.80. The first-order valence-electron chi connectivity index (χ1n) is 10.7. The van der Waals surface area contributed by atoms with Gasteiger partial charge < -0.3 is 20.3 Å². The molecule has 3 rings (SSSR count). The van der Waals surface area contributed by atoms with E-state index in [-0.39, 0.29) is 11.7 Å². The predicted octanol–water partition coefficient (Wildman–Crippen LogP) is 3.33. The van der Waals surface area contributed by atoms with Crippen molar-refractivity contribution in [2.45, 2.75) is 32.4 Å². The molecule has 1 aliphatic rings. The Kier molecular flexibility index (Phi) is 8.27. The van der Waals surface area contributed by atoms with Gasteiger partial charge in [-0.25, -0.2) is 4.39 Å². The topological polar surface area (TPSA) is 66.0 Å². The third-order valence-electron chi connectivity index (χ3n) is 5.55. The molecule has 1 saturated heterocycles. The van der Waals surface area contributed by atoms with Crippen LogP contribution in [0.2, 0.25) is 0 Å². The fourth-order valence-electron chi connectivity index (χ4n) is 3.72. The average Bonchev–Trinajstić information content (AvgIpc) is 2.80. The lowest BCUT2D eigenvalue weighted by atomic mass is 9.93. The maximum Gasteiger partial charge on any atom is 0.220 e. The van der Waals surface area contributed by atoms with E-state index in [0.29, 0.717) is 25.5 Å². The molecule has 0 saturated carbocycles. The molecule has 1 heterocycles. The molecule has 0 spiro atoms. The summed E-state index contributed by atoms with van der Waals surface area (Å²) in [6, 6.07) is 14.3. The summed E-state index contributed by atoms with van der Waals surface area (Å²) in [6.07, 6.45) is 2.58. The van der Waals surface area contributed by atoms with Crippen molar-refractivity contribution in [3.8, 4) is 5.75 Å². The number of carbonyl (C=O) groups is 1. The third-order valence-corrected chi connectivity index (χ3v) is 5.55. The largest absolute Gasteiger partial charge is 0.489 e. The van der Waals surface area contributed by atoms with Crippen LogP contribution in [0, 0.1) is 11.7 Å². The van der Waals surface area contributed by atoms with Gasteiger partial charge in [0.2, 0.25) is 5.91 Å². The zero-order valence-electron chi connectivity index (χ0n) is 18.2. The van der Waals surface area contributed by atoms with E-state index in [1.807, 2.05) is 30.3 Å². The normalized spacial score (nSPS) is 14.9. The Morgan fingerprint density at radius 2 is 1.90 bits per heavy atom. The van der Waals surface area contributed by atoms with Crippen LogP contribution >= 0.6 is 0 Å². The molecule has 31 heavy (non-hydrogen) atoms. The zero-order chi connectivity index (χ0) is 22.1. The van der Waals surface area contributed by atoms with Gasteiger partial charge >= 0.3 is 0 Å². The van der Waals surface area contributed by atoms with E-state index in [4.69, 9.17) is 4.74 Å². The van der Waals surface area contributed by atoms with Crippen LogP contribution in [0.3, 0.4) is 0 Å². The highest BCUT2D eigenvalue weighted by Gasteiger charge is 2.22. The van der Waals surface area contributed by atoms with Crippen LogP contribution in [0.1, 0.15) is 30.4 Å². The molecule has 1 amide bonds. The summed E-state index contributed by atoms with van der Waals surface area (Å²) in [6.45, 7) is 2.79. The number of amides is 1. The Morgan fingerprint density at radius 1 is 1.16 bits per heavy atom. The summed E-state index contributed by atoms with van der Waals surface area (Å²) in [5.41, 5.74) is 1.92. The number of nitrogens with one attached hydrogen (secondary N) is 2. The van der Waals surface area contributed by atoms with E-state index in [2.05, 4.69) is 20.5 Å². The lowest BCUT2D eigenvalue weighted by Gasteiger charge is -2.34. The first-order chi connectivity index (χ1) is 15.1. The SMILES string of the molecule is CN=C(NCc1ccc(OCc2cccc(F)c2)cc1)N1CCC(CC(=O)NC)CC1. The highest BCUT2D eigenvalue weighted by atomic mass is 19.1. The molecule has 0 aliphatic carbocycles. The molecule has 0 bridgehead atoms. The maximum atomic E-state index is 13.3. The first kappa shape index (κ1) is 22.6. The van der Waals surface area contributed by atoms with Gasteiger partial charge in [-0.05, 0) is 54.2 Å². The number of hydrogen-bond acceptors (Lipinski definition) is 3. The predicted molar refractivity (Wildman–Crippen MR) is 120 cm³/mol. The summed E-state index contributed by atoms with van der Waals surface area (Å²) in [4.78, 5) is 18.2. The second kappa shape index (κ2) is 11.3. The first-order valence-corrected chi connectivity index (χ1v) is 10.7. The number of rotatable bonds is 7. The summed E-state index contributed by atoms with van der Waals surface area (Å²) >= 11 is 0. The van der Waals surface area contributed by atoms with E-state index in [1.54, 1.807) is 20.2 Å². The number of benzene rings is 2. The number of aliphatic imine (C=N–C) groups is 1. The average molecular weight is 427 g/mol. The molecule has 2 aromatic rings. The molecule has 166 valence electrons. The molecule has 2 aromatic carbocycles. The molecule has 0 unspecified atom stereocenters. The number of likely N-dealkylation sites (tertiary alicyclic amines) is 1. The van der Waals surface area contributed by atoms with Gasteiger partial charge in [-0.2, -0.15) is 0 Å². The van der Waals surface area contributed by atoms with Crippen molar-refractivity contribution < 1.29 is 13.9 Å². The minimum atomic E-state index is -0.258. The van der Waals surface area contributed by atoms with Crippen LogP contribution in [-0.4, -0.2) is 44.0 Å². The number of nitrogens with zero attached hydrogens (tertiary/aromatic N) is 2. The Bertz CT molecular complexity index is 877. The minimum absolute atomic E-state index is 0.115. The van der Waals surface area contributed by atoms with E-state index < -0.39 is 0 Å². The van der Waals surface area contributed by atoms with E-state index in [0.717, 1.165) is 48.8 Å². The molecular formula is C24H31FN4O2. The van der Waals surface area contributed by atoms with E-state index in [9.17, 15) is 9.18 Å². The molecule has 1 fully saturated rings. The molecule has 7 heteroatoms. The lowest BCUT2D eigenvalue weighted by molar-refractivity contribution is -0.121. The number of ether oxygens (including phenoxy) is 1. The van der Waals surface area contributed by atoms with Gasteiger partial charge in [-0.3, -0.25) is 9.79 Å². The molecule has 0 atom stereocenters. The van der Waals surface area contributed by atoms with Gasteiger partial charge in [0.25, 0.3) is 0 Å². The Balaban J connectivity index is 1.44. The fraction of sp³-hybridized carbons (Fsp3) is 0.417. The Labute approximate surface area is 183 Å². The van der Waals surface area contributed by atoms with Gasteiger partial charge in [0, 0.05) is 40.2 Å². The number of guanidine groups is 1. The molecule has 2 N–H and O–H groups in total. The summed E-state index contributed by atoms with van der Waals surface area (Å²) in [5.74, 6) is 1.92. The summed E-state index contributed by atoms with van der Waals surface area (Å²) < 4.78 is 19.0. The second-order valence-electron chi connectivity index (χ2n) is 7.77. The number of hydrogen-bond donors (Lipinski definition) is 2. The maximum absolute atomic E-state index is 13.3.